The smallest absolute Gasteiger partial charge is 0.222 e. The van der Waals surface area contributed by atoms with Crippen molar-refractivity contribution in [1.82, 2.24) is 10.2 Å². The average Bonchev–Trinajstić information content (AvgIpc) is 2.66. The fourth-order valence-corrected chi connectivity index (χ4v) is 2.64. The molecule has 1 aromatic rings. The van der Waals surface area contributed by atoms with E-state index in [-0.39, 0.29) is 43.2 Å². The summed E-state index contributed by atoms with van der Waals surface area (Å²) in [5.74, 6) is 0.721. The fourth-order valence-electron chi connectivity index (χ4n) is 2.64. The molecule has 2 rings (SSSR count). The van der Waals surface area contributed by atoms with Crippen LogP contribution in [0.15, 0.2) is 24.3 Å². The van der Waals surface area contributed by atoms with E-state index >= 15 is 0 Å². The Morgan fingerprint density at radius 1 is 1.30 bits per heavy atom. The number of morpholine rings is 1. The molecule has 1 atom stereocenters. The molecule has 0 bridgehead atoms. The van der Waals surface area contributed by atoms with Gasteiger partial charge in [-0.3, -0.25) is 9.69 Å². The third-order valence-corrected chi connectivity index (χ3v) is 4.23. The minimum Gasteiger partial charge on any atom is -0.492 e. The van der Waals surface area contributed by atoms with Crippen LogP contribution in [0.3, 0.4) is 0 Å². The molecule has 1 aliphatic rings. The second-order valence-electron chi connectivity index (χ2n) is 5.98. The molecular weight excluding hydrogens is 393 g/mol. The van der Waals surface area contributed by atoms with Gasteiger partial charge in [0.2, 0.25) is 5.91 Å². The number of nitrogens with two attached hydrogens (primary N) is 1. The second-order valence-corrected chi connectivity index (χ2v) is 5.98. The van der Waals surface area contributed by atoms with Crippen LogP contribution in [0.2, 0.25) is 0 Å². The van der Waals surface area contributed by atoms with E-state index in [2.05, 4.69) is 10.2 Å². The van der Waals surface area contributed by atoms with Gasteiger partial charge in [-0.1, -0.05) is 18.2 Å². The first-order valence-corrected chi connectivity index (χ1v) is 8.73. The van der Waals surface area contributed by atoms with Crippen LogP contribution in [0, 0.1) is 0 Å². The Kier molecular flexibility index (Phi) is 14.3. The van der Waals surface area contributed by atoms with Crippen molar-refractivity contribution < 1.29 is 19.0 Å². The van der Waals surface area contributed by atoms with Crippen LogP contribution >= 0.6 is 24.8 Å². The summed E-state index contributed by atoms with van der Waals surface area (Å²) in [5.41, 5.74) is 6.50. The van der Waals surface area contributed by atoms with E-state index in [0.717, 1.165) is 44.2 Å². The van der Waals surface area contributed by atoms with Crippen molar-refractivity contribution in [3.8, 4) is 5.75 Å². The lowest BCUT2D eigenvalue weighted by Crippen LogP contribution is -2.38. The molecule has 1 unspecified atom stereocenters. The number of hydrogen-bond acceptors (Lipinski definition) is 6. The van der Waals surface area contributed by atoms with Gasteiger partial charge >= 0.3 is 0 Å². The van der Waals surface area contributed by atoms with Gasteiger partial charge < -0.3 is 25.3 Å². The highest BCUT2D eigenvalue weighted by Gasteiger charge is 2.13. The van der Waals surface area contributed by atoms with Crippen LogP contribution in [0.5, 0.6) is 5.75 Å². The molecule has 27 heavy (non-hydrogen) atoms. The second kappa shape index (κ2) is 14.9. The number of carbonyl (C=O) groups excluding carboxylic acids is 1. The highest BCUT2D eigenvalue weighted by Crippen LogP contribution is 2.18. The van der Waals surface area contributed by atoms with E-state index in [1.54, 1.807) is 7.11 Å². The first-order valence-electron chi connectivity index (χ1n) is 8.73. The van der Waals surface area contributed by atoms with Gasteiger partial charge in [0.15, 0.2) is 0 Å². The Morgan fingerprint density at radius 2 is 2.00 bits per heavy atom. The zero-order valence-corrected chi connectivity index (χ0v) is 17.4. The van der Waals surface area contributed by atoms with E-state index in [1.807, 2.05) is 24.3 Å². The molecular formula is C18H31Cl2N3O4. The van der Waals surface area contributed by atoms with Crippen molar-refractivity contribution in [2.24, 2.45) is 5.73 Å². The summed E-state index contributed by atoms with van der Waals surface area (Å²) in [4.78, 5) is 14.3. The van der Waals surface area contributed by atoms with Crippen molar-refractivity contribution in [2.45, 2.75) is 19.1 Å². The van der Waals surface area contributed by atoms with Crippen LogP contribution in [0.1, 0.15) is 12.0 Å². The standard InChI is InChI=1S/C18H29N3O4.2ClH/c1-23-16(13-19)12-18(22)20-14-15-4-2-3-5-17(15)25-11-8-21-6-9-24-10-7-21;;/h2-5,16H,6-14,19H2,1H3,(H,20,22);2*1H. The SMILES string of the molecule is COC(CN)CC(=O)NCc1ccccc1OCCN1CCOCC1.Cl.Cl. The summed E-state index contributed by atoms with van der Waals surface area (Å²) in [7, 11) is 1.56. The van der Waals surface area contributed by atoms with E-state index in [0.29, 0.717) is 19.7 Å². The molecule has 1 saturated heterocycles. The summed E-state index contributed by atoms with van der Waals surface area (Å²) in [6.07, 6.45) is 0.00701. The Hall–Kier alpha value is -1.09. The number of ether oxygens (including phenoxy) is 3. The van der Waals surface area contributed by atoms with Gasteiger partial charge in [-0.05, 0) is 6.07 Å². The first-order chi connectivity index (χ1) is 12.2. The number of benzene rings is 1. The Balaban J connectivity index is 0.00000338. The molecule has 0 saturated carbocycles. The summed E-state index contributed by atoms with van der Waals surface area (Å²) in [6.45, 7) is 5.70. The molecule has 7 nitrogen and oxygen atoms in total. The van der Waals surface area contributed by atoms with Crippen LogP contribution in [0.25, 0.3) is 0 Å². The van der Waals surface area contributed by atoms with Crippen molar-refractivity contribution in [1.29, 1.82) is 0 Å². The number of halogens is 2. The molecule has 1 aromatic carbocycles. The highest BCUT2D eigenvalue weighted by molar-refractivity contribution is 5.85. The van der Waals surface area contributed by atoms with Gasteiger partial charge in [-0.15, -0.1) is 24.8 Å². The minimum atomic E-state index is -0.250. The van der Waals surface area contributed by atoms with Crippen molar-refractivity contribution >= 4 is 30.7 Å². The van der Waals surface area contributed by atoms with Crippen LogP contribution in [0.4, 0.5) is 0 Å². The monoisotopic (exact) mass is 423 g/mol. The molecule has 0 aromatic heterocycles. The van der Waals surface area contributed by atoms with Gasteiger partial charge in [0, 0.05) is 45.4 Å². The maximum atomic E-state index is 12.0. The molecule has 156 valence electrons. The summed E-state index contributed by atoms with van der Waals surface area (Å²) in [6, 6.07) is 7.76. The normalized spacial score (nSPS) is 15.2. The number of methoxy groups -OCH3 is 1. The Labute approximate surface area is 173 Å². The third-order valence-electron chi connectivity index (χ3n) is 4.23. The number of para-hydroxylation sites is 1. The lowest BCUT2D eigenvalue weighted by Gasteiger charge is -2.26. The third kappa shape index (κ3) is 9.60. The zero-order chi connectivity index (χ0) is 17.9. The molecule has 3 N–H and O–H groups in total. The van der Waals surface area contributed by atoms with Gasteiger partial charge in [0.1, 0.15) is 12.4 Å². The number of rotatable bonds is 10. The largest absolute Gasteiger partial charge is 0.492 e. The number of amides is 1. The predicted molar refractivity (Wildman–Crippen MR) is 110 cm³/mol. The van der Waals surface area contributed by atoms with Crippen LogP contribution < -0.4 is 15.8 Å². The van der Waals surface area contributed by atoms with Crippen LogP contribution in [-0.2, 0) is 20.8 Å². The maximum Gasteiger partial charge on any atom is 0.222 e. The quantitative estimate of drug-likeness (QED) is 0.588. The Morgan fingerprint density at radius 3 is 2.67 bits per heavy atom. The van der Waals surface area contributed by atoms with E-state index in [1.165, 1.54) is 0 Å². The van der Waals surface area contributed by atoms with Gasteiger partial charge in [0.05, 0.1) is 25.7 Å². The molecule has 1 heterocycles. The minimum absolute atomic E-state index is 0. The molecule has 1 amide bonds. The molecule has 1 fully saturated rings. The number of nitrogens with one attached hydrogen (secondary N) is 1. The molecule has 0 radical (unpaired) electrons. The van der Waals surface area contributed by atoms with Crippen molar-refractivity contribution in [3.63, 3.8) is 0 Å². The summed E-state index contributed by atoms with van der Waals surface area (Å²) >= 11 is 0. The van der Waals surface area contributed by atoms with Crippen molar-refractivity contribution in [3.05, 3.63) is 29.8 Å². The summed E-state index contributed by atoms with van der Waals surface area (Å²) in [5, 5.41) is 2.90. The van der Waals surface area contributed by atoms with Gasteiger partial charge in [-0.2, -0.15) is 0 Å². The molecule has 1 aliphatic heterocycles. The first kappa shape index (κ1) is 25.9. The average molecular weight is 424 g/mol. The van der Waals surface area contributed by atoms with E-state index in [9.17, 15) is 4.79 Å². The predicted octanol–water partition coefficient (Wildman–Crippen LogP) is 1.22. The van der Waals surface area contributed by atoms with E-state index < -0.39 is 0 Å². The lowest BCUT2D eigenvalue weighted by atomic mass is 10.2. The molecule has 0 spiro atoms. The fraction of sp³-hybridized carbons (Fsp3) is 0.611. The van der Waals surface area contributed by atoms with Crippen LogP contribution in [-0.4, -0.2) is 70.0 Å². The van der Waals surface area contributed by atoms with Gasteiger partial charge in [0.25, 0.3) is 0 Å². The topological polar surface area (TPSA) is 86.0 Å². The summed E-state index contributed by atoms with van der Waals surface area (Å²) < 4.78 is 16.4. The zero-order valence-electron chi connectivity index (χ0n) is 15.7. The number of hydrogen-bond donors (Lipinski definition) is 2. The lowest BCUT2D eigenvalue weighted by molar-refractivity contribution is -0.123. The highest BCUT2D eigenvalue weighted by atomic mass is 35.5. The molecule has 0 aliphatic carbocycles. The molecule has 9 heteroatoms. The number of carbonyl (C=O) groups is 1. The van der Waals surface area contributed by atoms with Gasteiger partial charge in [-0.25, -0.2) is 0 Å². The Bertz CT molecular complexity index is 527. The van der Waals surface area contributed by atoms with Crippen molar-refractivity contribution in [2.75, 3.05) is 53.1 Å². The van der Waals surface area contributed by atoms with E-state index in [4.69, 9.17) is 19.9 Å². The maximum absolute atomic E-state index is 12.0. The number of nitrogens with zero attached hydrogens (tertiary/aromatic N) is 1.